The van der Waals surface area contributed by atoms with Crippen LogP contribution in [0.1, 0.15) is 27.2 Å². The number of carbonyl (C=O) groups is 1. The van der Waals surface area contributed by atoms with Gasteiger partial charge < -0.3 is 5.32 Å². The van der Waals surface area contributed by atoms with Gasteiger partial charge in [-0.05, 0) is 6.42 Å². The Labute approximate surface area is 76.9 Å². The van der Waals surface area contributed by atoms with E-state index in [-0.39, 0.29) is 11.3 Å². The molecule has 66 valence electrons. The minimum atomic E-state index is -0.283. The standard InChI is InChI=1S/C8H16BrNO/c1-4-5-10-7(11)8(2,3)6-9/h4-6H2,1-3H3,(H,10,11). The summed E-state index contributed by atoms with van der Waals surface area (Å²) >= 11 is 3.30. The van der Waals surface area contributed by atoms with Gasteiger partial charge in [0.15, 0.2) is 0 Å². The lowest BCUT2D eigenvalue weighted by Gasteiger charge is -2.20. The van der Waals surface area contributed by atoms with Gasteiger partial charge in [0.25, 0.3) is 0 Å². The molecule has 0 saturated carbocycles. The zero-order valence-electron chi connectivity index (χ0n) is 7.41. The molecule has 11 heavy (non-hydrogen) atoms. The summed E-state index contributed by atoms with van der Waals surface area (Å²) < 4.78 is 0. The largest absolute Gasteiger partial charge is 0.356 e. The maximum atomic E-state index is 11.3. The number of hydrogen-bond donors (Lipinski definition) is 1. The first kappa shape index (κ1) is 11.0. The molecule has 0 radical (unpaired) electrons. The van der Waals surface area contributed by atoms with Crippen LogP contribution in [0.5, 0.6) is 0 Å². The smallest absolute Gasteiger partial charge is 0.226 e. The van der Waals surface area contributed by atoms with E-state index in [1.165, 1.54) is 0 Å². The van der Waals surface area contributed by atoms with E-state index in [0.29, 0.717) is 5.33 Å². The van der Waals surface area contributed by atoms with E-state index in [4.69, 9.17) is 0 Å². The van der Waals surface area contributed by atoms with Gasteiger partial charge in [0.1, 0.15) is 0 Å². The number of alkyl halides is 1. The lowest BCUT2D eigenvalue weighted by molar-refractivity contribution is -0.128. The number of nitrogens with one attached hydrogen (secondary N) is 1. The van der Waals surface area contributed by atoms with Gasteiger partial charge in [-0.1, -0.05) is 36.7 Å². The van der Waals surface area contributed by atoms with E-state index in [1.807, 2.05) is 20.8 Å². The van der Waals surface area contributed by atoms with Gasteiger partial charge in [0.2, 0.25) is 5.91 Å². The summed E-state index contributed by atoms with van der Waals surface area (Å²) in [7, 11) is 0. The average Bonchev–Trinajstić information content (AvgIpc) is 2.00. The highest BCUT2D eigenvalue weighted by atomic mass is 79.9. The van der Waals surface area contributed by atoms with E-state index in [2.05, 4.69) is 21.2 Å². The van der Waals surface area contributed by atoms with Crippen molar-refractivity contribution in [3.63, 3.8) is 0 Å². The van der Waals surface area contributed by atoms with Gasteiger partial charge in [0.05, 0.1) is 5.41 Å². The topological polar surface area (TPSA) is 29.1 Å². The van der Waals surface area contributed by atoms with Crippen LogP contribution in [-0.2, 0) is 4.79 Å². The van der Waals surface area contributed by atoms with E-state index in [9.17, 15) is 4.79 Å². The molecule has 0 aliphatic carbocycles. The van der Waals surface area contributed by atoms with Gasteiger partial charge in [0, 0.05) is 11.9 Å². The Morgan fingerprint density at radius 3 is 2.45 bits per heavy atom. The summed E-state index contributed by atoms with van der Waals surface area (Å²) in [5, 5.41) is 3.56. The molecule has 0 aromatic heterocycles. The molecule has 0 aromatic carbocycles. The molecule has 0 bridgehead atoms. The van der Waals surface area contributed by atoms with Gasteiger partial charge in [-0.3, -0.25) is 4.79 Å². The molecule has 0 atom stereocenters. The van der Waals surface area contributed by atoms with Crippen LogP contribution >= 0.6 is 15.9 Å². The van der Waals surface area contributed by atoms with Crippen molar-refractivity contribution in [3.05, 3.63) is 0 Å². The first-order valence-electron chi connectivity index (χ1n) is 3.89. The minimum Gasteiger partial charge on any atom is -0.356 e. The van der Waals surface area contributed by atoms with Crippen LogP contribution in [0.4, 0.5) is 0 Å². The van der Waals surface area contributed by atoms with E-state index < -0.39 is 0 Å². The molecule has 0 saturated heterocycles. The summed E-state index contributed by atoms with van der Waals surface area (Å²) in [6.07, 6.45) is 0.990. The Morgan fingerprint density at radius 2 is 2.09 bits per heavy atom. The SMILES string of the molecule is CCCNC(=O)C(C)(C)CBr. The zero-order chi connectivity index (χ0) is 8.91. The summed E-state index contributed by atoms with van der Waals surface area (Å²) in [4.78, 5) is 11.3. The monoisotopic (exact) mass is 221 g/mol. The summed E-state index contributed by atoms with van der Waals surface area (Å²) in [5.74, 6) is 0.122. The van der Waals surface area contributed by atoms with Crippen LogP contribution in [0.25, 0.3) is 0 Å². The molecule has 0 aliphatic rings. The number of hydrogen-bond acceptors (Lipinski definition) is 1. The maximum absolute atomic E-state index is 11.3. The fraction of sp³-hybridized carbons (Fsp3) is 0.875. The molecule has 3 heteroatoms. The first-order chi connectivity index (χ1) is 5.04. The molecule has 0 fully saturated rings. The van der Waals surface area contributed by atoms with Crippen molar-refractivity contribution in [1.82, 2.24) is 5.32 Å². The Kier molecular flexibility index (Phi) is 4.73. The molecule has 0 heterocycles. The van der Waals surface area contributed by atoms with Crippen molar-refractivity contribution in [2.75, 3.05) is 11.9 Å². The summed E-state index contributed by atoms with van der Waals surface area (Å²) in [6, 6.07) is 0. The van der Waals surface area contributed by atoms with Gasteiger partial charge in [-0.25, -0.2) is 0 Å². The third-order valence-corrected chi connectivity index (χ3v) is 2.89. The van der Waals surface area contributed by atoms with Crippen LogP contribution in [0.3, 0.4) is 0 Å². The molecule has 1 N–H and O–H groups in total. The second-order valence-corrected chi connectivity index (χ2v) is 3.83. The fourth-order valence-corrected chi connectivity index (χ4v) is 0.793. The highest BCUT2D eigenvalue weighted by Crippen LogP contribution is 2.17. The van der Waals surface area contributed by atoms with E-state index in [1.54, 1.807) is 0 Å². The van der Waals surface area contributed by atoms with Crippen molar-refractivity contribution in [3.8, 4) is 0 Å². The normalized spacial score (nSPS) is 11.3. The average molecular weight is 222 g/mol. The molecular weight excluding hydrogens is 206 g/mol. The number of rotatable bonds is 4. The predicted octanol–water partition coefficient (Wildman–Crippen LogP) is 1.93. The third-order valence-electron chi connectivity index (χ3n) is 1.48. The second kappa shape index (κ2) is 4.75. The van der Waals surface area contributed by atoms with Gasteiger partial charge in [-0.15, -0.1) is 0 Å². The Balaban J connectivity index is 3.82. The van der Waals surface area contributed by atoms with E-state index in [0.717, 1.165) is 13.0 Å². The highest BCUT2D eigenvalue weighted by Gasteiger charge is 2.25. The third kappa shape index (κ3) is 3.75. The molecule has 0 aromatic rings. The van der Waals surface area contributed by atoms with Crippen LogP contribution in [0.2, 0.25) is 0 Å². The Morgan fingerprint density at radius 1 is 1.55 bits per heavy atom. The van der Waals surface area contributed by atoms with E-state index >= 15 is 0 Å². The molecular formula is C8H16BrNO. The molecule has 0 aliphatic heterocycles. The second-order valence-electron chi connectivity index (χ2n) is 3.27. The van der Waals surface area contributed by atoms with Crippen LogP contribution in [0, 0.1) is 5.41 Å². The molecule has 2 nitrogen and oxygen atoms in total. The van der Waals surface area contributed by atoms with Crippen molar-refractivity contribution in [2.24, 2.45) is 5.41 Å². The minimum absolute atomic E-state index is 0.122. The maximum Gasteiger partial charge on any atom is 0.226 e. The van der Waals surface area contributed by atoms with Crippen LogP contribution < -0.4 is 5.32 Å². The van der Waals surface area contributed by atoms with Crippen molar-refractivity contribution < 1.29 is 4.79 Å². The first-order valence-corrected chi connectivity index (χ1v) is 5.01. The van der Waals surface area contributed by atoms with Crippen molar-refractivity contribution in [2.45, 2.75) is 27.2 Å². The van der Waals surface area contributed by atoms with Crippen molar-refractivity contribution in [1.29, 1.82) is 0 Å². The summed E-state index contributed by atoms with van der Waals surface area (Å²) in [5.41, 5.74) is -0.283. The number of amides is 1. The molecule has 0 spiro atoms. The van der Waals surface area contributed by atoms with Crippen LogP contribution in [-0.4, -0.2) is 17.8 Å². The summed E-state index contributed by atoms with van der Waals surface area (Å²) in [6.45, 7) is 6.66. The fourth-order valence-electron chi connectivity index (χ4n) is 0.538. The predicted molar refractivity (Wildman–Crippen MR) is 50.9 cm³/mol. The number of halogens is 1. The zero-order valence-corrected chi connectivity index (χ0v) is 8.99. The van der Waals surface area contributed by atoms with Gasteiger partial charge in [-0.2, -0.15) is 0 Å². The molecule has 0 rings (SSSR count). The quantitative estimate of drug-likeness (QED) is 0.723. The molecule has 0 unspecified atom stereocenters. The lowest BCUT2D eigenvalue weighted by atomic mass is 9.95. The Hall–Kier alpha value is -0.0500. The van der Waals surface area contributed by atoms with Crippen LogP contribution in [0.15, 0.2) is 0 Å². The Bertz CT molecular complexity index is 134. The highest BCUT2D eigenvalue weighted by molar-refractivity contribution is 9.09. The molecule has 1 amide bonds. The lowest BCUT2D eigenvalue weighted by Crippen LogP contribution is -2.38. The number of carbonyl (C=O) groups excluding carboxylic acids is 1. The van der Waals surface area contributed by atoms with Gasteiger partial charge >= 0.3 is 0 Å². The van der Waals surface area contributed by atoms with Crippen molar-refractivity contribution >= 4 is 21.8 Å².